The molecule has 1 aromatic rings. The van der Waals surface area contributed by atoms with E-state index in [2.05, 4.69) is 4.98 Å². The summed E-state index contributed by atoms with van der Waals surface area (Å²) in [6.07, 6.45) is 0.755. The lowest BCUT2D eigenvalue weighted by atomic mass is 9.93. The topological polar surface area (TPSA) is 126 Å². The number of pyridine rings is 1. The SMILES string of the molecule is O=C(O)N1CCCC2(C1)CN(c1ccc([N+](=O)[O-])nc1)C(=O)O2. The minimum absolute atomic E-state index is 0.116. The quantitative estimate of drug-likeness (QED) is 0.645. The Labute approximate surface area is 130 Å². The largest absolute Gasteiger partial charge is 0.465 e. The van der Waals surface area contributed by atoms with Crippen LogP contribution < -0.4 is 4.90 Å². The van der Waals surface area contributed by atoms with Crippen molar-refractivity contribution in [2.45, 2.75) is 18.4 Å². The molecule has 1 aromatic heterocycles. The van der Waals surface area contributed by atoms with Gasteiger partial charge in [-0.25, -0.2) is 9.59 Å². The van der Waals surface area contributed by atoms with Crippen molar-refractivity contribution in [1.29, 1.82) is 0 Å². The van der Waals surface area contributed by atoms with Gasteiger partial charge in [-0.3, -0.25) is 4.90 Å². The normalized spacial score (nSPS) is 23.9. The number of rotatable bonds is 2. The molecule has 122 valence electrons. The van der Waals surface area contributed by atoms with Crippen molar-refractivity contribution >= 4 is 23.7 Å². The Morgan fingerprint density at radius 2 is 2.22 bits per heavy atom. The maximum absolute atomic E-state index is 12.1. The number of carboxylic acid groups (broad SMARTS) is 1. The first-order chi connectivity index (χ1) is 10.9. The second-order valence-electron chi connectivity index (χ2n) is 5.58. The predicted molar refractivity (Wildman–Crippen MR) is 76.3 cm³/mol. The van der Waals surface area contributed by atoms with Gasteiger partial charge in [0.25, 0.3) is 0 Å². The minimum Gasteiger partial charge on any atom is -0.465 e. The number of nitrogens with zero attached hydrogens (tertiary/aromatic N) is 4. The van der Waals surface area contributed by atoms with Gasteiger partial charge in [-0.15, -0.1) is 0 Å². The summed E-state index contributed by atoms with van der Waals surface area (Å²) in [6, 6.07) is 2.63. The van der Waals surface area contributed by atoms with Crippen LogP contribution in [0, 0.1) is 10.1 Å². The molecular formula is C13H14N4O6. The molecule has 2 amide bonds. The average molecular weight is 322 g/mol. The predicted octanol–water partition coefficient (Wildman–Crippen LogP) is 1.46. The molecule has 2 saturated heterocycles. The molecule has 2 aliphatic heterocycles. The van der Waals surface area contributed by atoms with Crippen molar-refractivity contribution < 1.29 is 24.4 Å². The number of likely N-dealkylation sites (tertiary alicyclic amines) is 1. The van der Waals surface area contributed by atoms with Crippen LogP contribution in [0.3, 0.4) is 0 Å². The van der Waals surface area contributed by atoms with Crippen molar-refractivity contribution in [3.63, 3.8) is 0 Å². The maximum atomic E-state index is 12.1. The lowest BCUT2D eigenvalue weighted by Crippen LogP contribution is -2.52. The lowest BCUT2D eigenvalue weighted by Gasteiger charge is -2.36. The third-order valence-corrected chi connectivity index (χ3v) is 4.01. The summed E-state index contributed by atoms with van der Waals surface area (Å²) in [5.41, 5.74) is -0.500. The Bertz CT molecular complexity index is 663. The standard InChI is InChI=1S/C13H14N4O6/c18-11(19)15-5-1-4-13(7-15)8-16(12(20)23-13)9-2-3-10(14-6-9)17(21)22/h2-3,6H,1,4-5,7-8H2,(H,18,19). The molecule has 10 nitrogen and oxygen atoms in total. The van der Waals surface area contributed by atoms with Crippen LogP contribution in [0.5, 0.6) is 0 Å². The number of ether oxygens (including phenoxy) is 1. The van der Waals surface area contributed by atoms with E-state index in [4.69, 9.17) is 9.84 Å². The monoisotopic (exact) mass is 322 g/mol. The van der Waals surface area contributed by atoms with Crippen molar-refractivity contribution in [3.05, 3.63) is 28.4 Å². The number of carbonyl (C=O) groups excluding carboxylic acids is 1. The first-order valence-electron chi connectivity index (χ1n) is 6.99. The highest BCUT2D eigenvalue weighted by Gasteiger charge is 2.49. The summed E-state index contributed by atoms with van der Waals surface area (Å²) in [6.45, 7) is 0.716. The van der Waals surface area contributed by atoms with Crippen LogP contribution in [0.2, 0.25) is 0 Å². The highest BCUT2D eigenvalue weighted by atomic mass is 16.6. The number of hydrogen-bond donors (Lipinski definition) is 1. The molecule has 2 aliphatic rings. The van der Waals surface area contributed by atoms with Gasteiger partial charge < -0.3 is 24.9 Å². The summed E-state index contributed by atoms with van der Waals surface area (Å²) >= 11 is 0. The molecule has 2 fully saturated rings. The molecule has 0 radical (unpaired) electrons. The fourth-order valence-electron chi connectivity index (χ4n) is 2.94. The van der Waals surface area contributed by atoms with Crippen LogP contribution in [0.4, 0.5) is 21.1 Å². The lowest BCUT2D eigenvalue weighted by molar-refractivity contribution is -0.389. The maximum Gasteiger partial charge on any atom is 0.415 e. The van der Waals surface area contributed by atoms with Gasteiger partial charge >= 0.3 is 18.0 Å². The highest BCUT2D eigenvalue weighted by molar-refractivity contribution is 5.90. The van der Waals surface area contributed by atoms with Gasteiger partial charge in [0.1, 0.15) is 5.60 Å². The Kier molecular flexibility index (Phi) is 3.51. The molecule has 0 bridgehead atoms. The van der Waals surface area contributed by atoms with E-state index < -0.39 is 22.7 Å². The van der Waals surface area contributed by atoms with Crippen molar-refractivity contribution in [1.82, 2.24) is 9.88 Å². The van der Waals surface area contributed by atoms with Crippen LogP contribution >= 0.6 is 0 Å². The van der Waals surface area contributed by atoms with Crippen molar-refractivity contribution in [2.24, 2.45) is 0 Å². The van der Waals surface area contributed by atoms with Gasteiger partial charge in [0.05, 0.1) is 18.8 Å². The zero-order valence-corrected chi connectivity index (χ0v) is 12.0. The first-order valence-corrected chi connectivity index (χ1v) is 6.99. The minimum atomic E-state index is -1.05. The third-order valence-electron chi connectivity index (χ3n) is 4.01. The van der Waals surface area contributed by atoms with E-state index >= 15 is 0 Å². The second kappa shape index (κ2) is 5.38. The number of nitro groups is 1. The Balaban J connectivity index is 1.79. The van der Waals surface area contributed by atoms with Gasteiger partial charge in [-0.05, 0) is 28.8 Å². The Morgan fingerprint density at radius 3 is 2.83 bits per heavy atom. The summed E-state index contributed by atoms with van der Waals surface area (Å²) < 4.78 is 5.44. The first kappa shape index (κ1) is 15.0. The van der Waals surface area contributed by atoms with Crippen LogP contribution in [-0.2, 0) is 4.74 Å². The molecule has 0 saturated carbocycles. The molecule has 3 heterocycles. The smallest absolute Gasteiger partial charge is 0.415 e. The fourth-order valence-corrected chi connectivity index (χ4v) is 2.94. The number of hydrogen-bond acceptors (Lipinski definition) is 6. The van der Waals surface area contributed by atoms with Crippen LogP contribution in [-0.4, -0.2) is 57.3 Å². The molecule has 3 rings (SSSR count). The van der Waals surface area contributed by atoms with E-state index in [9.17, 15) is 19.7 Å². The van der Waals surface area contributed by atoms with E-state index in [1.54, 1.807) is 0 Å². The molecule has 1 spiro atoms. The highest BCUT2D eigenvalue weighted by Crippen LogP contribution is 2.34. The van der Waals surface area contributed by atoms with Gasteiger partial charge in [0.2, 0.25) is 0 Å². The van der Waals surface area contributed by atoms with E-state index in [1.165, 1.54) is 28.1 Å². The molecule has 0 aliphatic carbocycles. The molecule has 23 heavy (non-hydrogen) atoms. The van der Waals surface area contributed by atoms with Crippen LogP contribution in [0.25, 0.3) is 0 Å². The van der Waals surface area contributed by atoms with Crippen molar-refractivity contribution in [3.8, 4) is 0 Å². The van der Waals surface area contributed by atoms with E-state index in [1.807, 2.05) is 0 Å². The average Bonchev–Trinajstić information content (AvgIpc) is 2.83. The second-order valence-corrected chi connectivity index (χ2v) is 5.58. The molecule has 1 atom stereocenters. The molecule has 10 heteroatoms. The molecule has 0 aromatic carbocycles. The molecular weight excluding hydrogens is 308 g/mol. The Hall–Kier alpha value is -2.91. The summed E-state index contributed by atoms with van der Waals surface area (Å²) in [4.78, 5) is 39.5. The molecule has 1 unspecified atom stereocenters. The van der Waals surface area contributed by atoms with E-state index in [-0.39, 0.29) is 18.9 Å². The number of amides is 2. The van der Waals surface area contributed by atoms with Crippen LogP contribution in [0.1, 0.15) is 12.8 Å². The van der Waals surface area contributed by atoms with Crippen molar-refractivity contribution in [2.75, 3.05) is 24.5 Å². The third kappa shape index (κ3) is 2.74. The summed E-state index contributed by atoms with van der Waals surface area (Å²) in [7, 11) is 0. The number of piperidine rings is 1. The van der Waals surface area contributed by atoms with E-state index in [0.717, 1.165) is 0 Å². The summed E-state index contributed by atoms with van der Waals surface area (Å²) in [5.74, 6) is -0.314. The Morgan fingerprint density at radius 1 is 1.43 bits per heavy atom. The zero-order chi connectivity index (χ0) is 16.6. The van der Waals surface area contributed by atoms with Gasteiger partial charge in [-0.2, -0.15) is 0 Å². The number of aromatic nitrogens is 1. The molecule has 1 N–H and O–H groups in total. The van der Waals surface area contributed by atoms with Gasteiger partial charge in [0.15, 0.2) is 6.20 Å². The number of anilines is 1. The van der Waals surface area contributed by atoms with Gasteiger partial charge in [0, 0.05) is 12.6 Å². The zero-order valence-electron chi connectivity index (χ0n) is 12.0. The van der Waals surface area contributed by atoms with Crippen LogP contribution in [0.15, 0.2) is 18.3 Å². The number of carbonyl (C=O) groups is 2. The fraction of sp³-hybridized carbons (Fsp3) is 0.462. The van der Waals surface area contributed by atoms with Gasteiger partial charge in [-0.1, -0.05) is 0 Å². The van der Waals surface area contributed by atoms with E-state index in [0.29, 0.717) is 25.1 Å². The summed E-state index contributed by atoms with van der Waals surface area (Å²) in [5, 5.41) is 19.7.